The Kier molecular flexibility index (Phi) is 4.20. The van der Waals surface area contributed by atoms with Gasteiger partial charge < -0.3 is 9.84 Å². The van der Waals surface area contributed by atoms with Crippen LogP contribution in [-0.2, 0) is 4.74 Å². The van der Waals surface area contributed by atoms with Crippen LogP contribution in [0.2, 0.25) is 0 Å². The Balaban J connectivity index is 2.38. The lowest BCUT2D eigenvalue weighted by atomic mass is 9.78. The Morgan fingerprint density at radius 2 is 2.23 bits per heavy atom. The van der Waals surface area contributed by atoms with Crippen molar-refractivity contribution >= 4 is 0 Å². The fraction of sp³-hybridized carbons (Fsp3) is 1.00. The minimum Gasteiger partial charge on any atom is -0.396 e. The van der Waals surface area contributed by atoms with Gasteiger partial charge in [0.15, 0.2) is 0 Å². The van der Waals surface area contributed by atoms with Crippen LogP contribution < -0.4 is 0 Å². The molecule has 1 N–H and O–H groups in total. The second-order valence-corrected chi connectivity index (χ2v) is 4.75. The van der Waals surface area contributed by atoms with Gasteiger partial charge in [-0.15, -0.1) is 0 Å². The molecule has 0 aromatic carbocycles. The number of aliphatic hydroxyl groups is 1. The summed E-state index contributed by atoms with van der Waals surface area (Å²) >= 11 is 0. The lowest BCUT2D eigenvalue weighted by molar-refractivity contribution is -0.0451. The van der Waals surface area contributed by atoms with Crippen molar-refractivity contribution in [2.24, 2.45) is 11.3 Å². The van der Waals surface area contributed by atoms with E-state index in [4.69, 9.17) is 4.74 Å². The molecule has 0 saturated carbocycles. The molecule has 13 heavy (non-hydrogen) atoms. The van der Waals surface area contributed by atoms with Crippen LogP contribution in [0.25, 0.3) is 0 Å². The third-order valence-electron chi connectivity index (χ3n) is 2.99. The molecule has 1 aliphatic rings. The van der Waals surface area contributed by atoms with Gasteiger partial charge in [0.05, 0.1) is 13.2 Å². The van der Waals surface area contributed by atoms with E-state index in [0.717, 1.165) is 38.4 Å². The highest BCUT2D eigenvalue weighted by Crippen LogP contribution is 2.34. The van der Waals surface area contributed by atoms with Crippen molar-refractivity contribution in [3.63, 3.8) is 0 Å². The quantitative estimate of drug-likeness (QED) is 0.729. The fourth-order valence-electron chi connectivity index (χ4n) is 1.91. The van der Waals surface area contributed by atoms with Crippen LogP contribution in [0.15, 0.2) is 0 Å². The zero-order valence-electron chi connectivity index (χ0n) is 8.88. The lowest BCUT2D eigenvalue weighted by Crippen LogP contribution is -2.35. The average molecular weight is 186 g/mol. The van der Waals surface area contributed by atoms with Gasteiger partial charge in [0.1, 0.15) is 0 Å². The van der Waals surface area contributed by atoms with Gasteiger partial charge in [0, 0.05) is 12.0 Å². The van der Waals surface area contributed by atoms with E-state index >= 15 is 0 Å². The summed E-state index contributed by atoms with van der Waals surface area (Å²) in [5, 5.41) is 9.37. The molecule has 0 radical (unpaired) electrons. The van der Waals surface area contributed by atoms with Gasteiger partial charge in [-0.1, -0.05) is 20.3 Å². The summed E-state index contributed by atoms with van der Waals surface area (Å²) in [7, 11) is 0. The molecular formula is C11H22O2. The van der Waals surface area contributed by atoms with Crippen LogP contribution in [0, 0.1) is 11.3 Å². The Labute approximate surface area is 81.3 Å². The van der Waals surface area contributed by atoms with Gasteiger partial charge in [0.2, 0.25) is 0 Å². The SMILES string of the molecule is CC(C)CCC1(CO)CCCOC1. The molecule has 2 heteroatoms. The molecule has 1 heterocycles. The molecule has 1 fully saturated rings. The first kappa shape index (κ1) is 11.0. The van der Waals surface area contributed by atoms with Gasteiger partial charge in [-0.05, 0) is 25.2 Å². The van der Waals surface area contributed by atoms with Crippen molar-refractivity contribution in [2.45, 2.75) is 39.5 Å². The van der Waals surface area contributed by atoms with Crippen LogP contribution in [0.3, 0.4) is 0 Å². The highest BCUT2D eigenvalue weighted by molar-refractivity contribution is 4.81. The number of ether oxygens (including phenoxy) is 1. The predicted octanol–water partition coefficient (Wildman–Crippen LogP) is 2.21. The maximum absolute atomic E-state index is 9.37. The normalized spacial score (nSPS) is 29.5. The molecule has 1 aliphatic heterocycles. The first-order valence-electron chi connectivity index (χ1n) is 5.37. The minimum absolute atomic E-state index is 0.0858. The second kappa shape index (κ2) is 4.97. The molecule has 0 spiro atoms. The molecule has 2 nitrogen and oxygen atoms in total. The van der Waals surface area contributed by atoms with E-state index in [1.807, 2.05) is 0 Å². The van der Waals surface area contributed by atoms with Crippen molar-refractivity contribution in [1.82, 2.24) is 0 Å². The molecule has 1 saturated heterocycles. The van der Waals surface area contributed by atoms with Gasteiger partial charge in [-0.2, -0.15) is 0 Å². The van der Waals surface area contributed by atoms with E-state index in [2.05, 4.69) is 13.8 Å². The smallest absolute Gasteiger partial charge is 0.0544 e. The third kappa shape index (κ3) is 3.28. The number of aliphatic hydroxyl groups excluding tert-OH is 1. The molecular weight excluding hydrogens is 164 g/mol. The topological polar surface area (TPSA) is 29.5 Å². The predicted molar refractivity (Wildman–Crippen MR) is 53.6 cm³/mol. The van der Waals surface area contributed by atoms with Crippen molar-refractivity contribution in [2.75, 3.05) is 19.8 Å². The zero-order chi connectivity index (χ0) is 9.73. The number of rotatable bonds is 4. The van der Waals surface area contributed by atoms with Crippen molar-refractivity contribution in [3.8, 4) is 0 Å². The van der Waals surface area contributed by atoms with Crippen LogP contribution in [0.1, 0.15) is 39.5 Å². The van der Waals surface area contributed by atoms with E-state index in [1.54, 1.807) is 0 Å². The Hall–Kier alpha value is -0.0800. The molecule has 1 rings (SSSR count). The maximum Gasteiger partial charge on any atom is 0.0544 e. The van der Waals surface area contributed by atoms with E-state index in [0.29, 0.717) is 6.61 Å². The summed E-state index contributed by atoms with van der Waals surface area (Å²) in [5.41, 5.74) is 0.0858. The van der Waals surface area contributed by atoms with E-state index in [-0.39, 0.29) is 5.41 Å². The summed E-state index contributed by atoms with van der Waals surface area (Å²) in [6, 6.07) is 0. The average Bonchev–Trinajstić information content (AvgIpc) is 2.16. The van der Waals surface area contributed by atoms with Crippen molar-refractivity contribution in [3.05, 3.63) is 0 Å². The summed E-state index contributed by atoms with van der Waals surface area (Å²) in [4.78, 5) is 0. The van der Waals surface area contributed by atoms with Gasteiger partial charge in [-0.3, -0.25) is 0 Å². The van der Waals surface area contributed by atoms with E-state index < -0.39 is 0 Å². The van der Waals surface area contributed by atoms with Crippen LogP contribution >= 0.6 is 0 Å². The Bertz CT molecular complexity index is 137. The largest absolute Gasteiger partial charge is 0.396 e. The molecule has 1 unspecified atom stereocenters. The van der Waals surface area contributed by atoms with Crippen LogP contribution in [0.4, 0.5) is 0 Å². The van der Waals surface area contributed by atoms with Gasteiger partial charge in [-0.25, -0.2) is 0 Å². The van der Waals surface area contributed by atoms with E-state index in [1.165, 1.54) is 6.42 Å². The van der Waals surface area contributed by atoms with Crippen LogP contribution in [-0.4, -0.2) is 24.9 Å². The van der Waals surface area contributed by atoms with Crippen molar-refractivity contribution < 1.29 is 9.84 Å². The Morgan fingerprint density at radius 3 is 2.69 bits per heavy atom. The number of hydrogen-bond donors (Lipinski definition) is 1. The molecule has 0 aromatic heterocycles. The highest BCUT2D eigenvalue weighted by Gasteiger charge is 2.31. The third-order valence-corrected chi connectivity index (χ3v) is 2.99. The summed E-state index contributed by atoms with van der Waals surface area (Å²) < 4.78 is 5.45. The monoisotopic (exact) mass is 186 g/mol. The molecule has 1 atom stereocenters. The van der Waals surface area contributed by atoms with E-state index in [9.17, 15) is 5.11 Å². The fourth-order valence-corrected chi connectivity index (χ4v) is 1.91. The maximum atomic E-state index is 9.37. The molecule has 0 bridgehead atoms. The molecule has 0 amide bonds. The molecule has 0 aromatic rings. The summed E-state index contributed by atoms with van der Waals surface area (Å²) in [6.45, 7) is 6.39. The highest BCUT2D eigenvalue weighted by atomic mass is 16.5. The first-order chi connectivity index (χ1) is 6.18. The Morgan fingerprint density at radius 1 is 1.46 bits per heavy atom. The standard InChI is InChI=1S/C11H22O2/c1-10(2)4-6-11(8-12)5-3-7-13-9-11/h10,12H,3-9H2,1-2H3. The van der Waals surface area contributed by atoms with Crippen molar-refractivity contribution in [1.29, 1.82) is 0 Å². The lowest BCUT2D eigenvalue weighted by Gasteiger charge is -2.35. The number of hydrogen-bond acceptors (Lipinski definition) is 2. The zero-order valence-corrected chi connectivity index (χ0v) is 8.88. The van der Waals surface area contributed by atoms with Crippen LogP contribution in [0.5, 0.6) is 0 Å². The minimum atomic E-state index is 0.0858. The summed E-state index contributed by atoms with van der Waals surface area (Å²) in [6.07, 6.45) is 4.56. The second-order valence-electron chi connectivity index (χ2n) is 4.75. The summed E-state index contributed by atoms with van der Waals surface area (Å²) in [5.74, 6) is 0.727. The van der Waals surface area contributed by atoms with Gasteiger partial charge in [0.25, 0.3) is 0 Å². The van der Waals surface area contributed by atoms with Gasteiger partial charge >= 0.3 is 0 Å². The molecule has 0 aliphatic carbocycles. The molecule has 78 valence electrons. The first-order valence-corrected chi connectivity index (χ1v) is 5.37.